The maximum Gasteiger partial charge on any atom is 0.314 e. The van der Waals surface area contributed by atoms with Gasteiger partial charge in [0.25, 0.3) is 0 Å². The van der Waals surface area contributed by atoms with Gasteiger partial charge >= 0.3 is 6.03 Å². The molecule has 134 valence electrons. The molecule has 3 N–H and O–H groups in total. The fourth-order valence-corrected chi connectivity index (χ4v) is 2.20. The molecule has 0 fully saturated rings. The topological polar surface area (TPSA) is 70.2 Å². The van der Waals surface area contributed by atoms with Gasteiger partial charge in [-0.3, -0.25) is 4.79 Å². The summed E-state index contributed by atoms with van der Waals surface area (Å²) in [5.74, 6) is -0.0314. The van der Waals surface area contributed by atoms with Crippen LogP contribution in [0.5, 0.6) is 0 Å². The lowest BCUT2D eigenvalue weighted by Crippen LogP contribution is -2.38. The molecular weight excluding hydrogens is 302 g/mol. The van der Waals surface area contributed by atoms with E-state index in [1.165, 1.54) is 11.1 Å². The number of carbonyl (C=O) groups excluding carboxylic acids is 2. The number of benzene rings is 1. The van der Waals surface area contributed by atoms with Gasteiger partial charge in [0.2, 0.25) is 5.91 Å². The zero-order valence-corrected chi connectivity index (χ0v) is 15.4. The molecule has 1 aromatic rings. The van der Waals surface area contributed by atoms with E-state index in [2.05, 4.69) is 61.0 Å². The fourth-order valence-electron chi connectivity index (χ4n) is 2.20. The summed E-state index contributed by atoms with van der Waals surface area (Å²) < 4.78 is 0. The van der Waals surface area contributed by atoms with Crippen molar-refractivity contribution in [3.63, 3.8) is 0 Å². The minimum absolute atomic E-state index is 0.0314. The Labute approximate surface area is 145 Å². The predicted octanol–water partition coefficient (Wildman–Crippen LogP) is 2.74. The maximum absolute atomic E-state index is 11.7. The molecule has 0 aliphatic rings. The van der Waals surface area contributed by atoms with Crippen molar-refractivity contribution in [1.29, 1.82) is 0 Å². The highest BCUT2D eigenvalue weighted by atomic mass is 16.2. The van der Waals surface area contributed by atoms with Gasteiger partial charge in [-0.1, -0.05) is 52.0 Å². The number of urea groups is 1. The number of carbonyl (C=O) groups is 2. The van der Waals surface area contributed by atoms with Crippen LogP contribution in [0.25, 0.3) is 0 Å². The number of nitrogens with one attached hydrogen (secondary N) is 3. The van der Waals surface area contributed by atoms with Crippen LogP contribution in [0.3, 0.4) is 0 Å². The molecule has 0 aliphatic heterocycles. The summed E-state index contributed by atoms with van der Waals surface area (Å²) in [5.41, 5.74) is 2.65. The van der Waals surface area contributed by atoms with Crippen LogP contribution in [-0.2, 0) is 16.6 Å². The average Bonchev–Trinajstić information content (AvgIpc) is 2.52. The van der Waals surface area contributed by atoms with Gasteiger partial charge in [-0.25, -0.2) is 4.79 Å². The minimum Gasteiger partial charge on any atom is -0.356 e. The quantitative estimate of drug-likeness (QED) is 0.684. The number of rotatable bonds is 8. The molecule has 0 unspecified atom stereocenters. The molecule has 0 aliphatic carbocycles. The van der Waals surface area contributed by atoms with Crippen molar-refractivity contribution in [3.8, 4) is 0 Å². The molecule has 0 atom stereocenters. The Morgan fingerprint density at radius 2 is 1.54 bits per heavy atom. The predicted molar refractivity (Wildman–Crippen MR) is 98.2 cm³/mol. The lowest BCUT2D eigenvalue weighted by atomic mass is 9.86. The van der Waals surface area contributed by atoms with Crippen molar-refractivity contribution in [3.05, 3.63) is 35.4 Å². The van der Waals surface area contributed by atoms with Crippen molar-refractivity contribution in [2.45, 2.75) is 52.4 Å². The van der Waals surface area contributed by atoms with E-state index in [4.69, 9.17) is 0 Å². The Kier molecular flexibility index (Phi) is 8.30. The first-order chi connectivity index (χ1) is 11.3. The second kappa shape index (κ2) is 9.96. The van der Waals surface area contributed by atoms with Crippen molar-refractivity contribution in [2.75, 3.05) is 19.6 Å². The van der Waals surface area contributed by atoms with Crippen LogP contribution in [0.15, 0.2) is 24.3 Å². The highest BCUT2D eigenvalue weighted by molar-refractivity contribution is 5.78. The molecule has 1 aromatic carbocycles. The largest absolute Gasteiger partial charge is 0.356 e. The summed E-state index contributed by atoms with van der Waals surface area (Å²) in [6.07, 6.45) is 2.01. The van der Waals surface area contributed by atoms with Gasteiger partial charge in [0.1, 0.15) is 0 Å². The van der Waals surface area contributed by atoms with Gasteiger partial charge in [-0.15, -0.1) is 0 Å². The Bertz CT molecular complexity index is 518. The van der Waals surface area contributed by atoms with Crippen LogP contribution >= 0.6 is 0 Å². The number of amides is 3. The first kappa shape index (κ1) is 20.0. The smallest absolute Gasteiger partial charge is 0.314 e. The molecule has 0 radical (unpaired) electrons. The number of hydrogen-bond donors (Lipinski definition) is 3. The summed E-state index contributed by atoms with van der Waals surface area (Å²) in [6, 6.07) is 8.27. The van der Waals surface area contributed by atoms with Crippen molar-refractivity contribution >= 4 is 11.9 Å². The van der Waals surface area contributed by atoms with E-state index in [1.807, 2.05) is 6.92 Å². The zero-order chi connectivity index (χ0) is 18.0. The van der Waals surface area contributed by atoms with Gasteiger partial charge in [0.05, 0.1) is 0 Å². The molecule has 0 bridgehead atoms. The standard InChI is InChI=1S/C19H31N3O2/c1-5-12-20-17(23)11-14-22-18(24)21-13-10-15-6-8-16(9-7-15)19(2,3)4/h6-9H,5,10-14H2,1-4H3,(H,20,23)(H2,21,22,24). The second-order valence-electron chi connectivity index (χ2n) is 6.98. The van der Waals surface area contributed by atoms with E-state index < -0.39 is 0 Å². The Morgan fingerprint density at radius 3 is 2.12 bits per heavy atom. The van der Waals surface area contributed by atoms with Crippen molar-refractivity contribution in [2.24, 2.45) is 0 Å². The molecule has 0 saturated heterocycles. The van der Waals surface area contributed by atoms with Crippen LogP contribution in [0, 0.1) is 0 Å². The monoisotopic (exact) mass is 333 g/mol. The van der Waals surface area contributed by atoms with Gasteiger partial charge in [-0.05, 0) is 29.4 Å². The molecule has 0 saturated carbocycles. The van der Waals surface area contributed by atoms with E-state index in [-0.39, 0.29) is 17.4 Å². The average molecular weight is 333 g/mol. The van der Waals surface area contributed by atoms with E-state index >= 15 is 0 Å². The Balaban J connectivity index is 2.20. The van der Waals surface area contributed by atoms with E-state index in [0.717, 1.165) is 12.8 Å². The summed E-state index contributed by atoms with van der Waals surface area (Å²) in [5, 5.41) is 8.28. The van der Waals surface area contributed by atoms with Crippen LogP contribution in [0.1, 0.15) is 51.7 Å². The third-order valence-electron chi connectivity index (χ3n) is 3.73. The Hall–Kier alpha value is -2.04. The SMILES string of the molecule is CCCNC(=O)CCNC(=O)NCCc1ccc(C(C)(C)C)cc1. The first-order valence-corrected chi connectivity index (χ1v) is 8.70. The molecular formula is C19H31N3O2. The zero-order valence-electron chi connectivity index (χ0n) is 15.4. The lowest BCUT2D eigenvalue weighted by molar-refractivity contribution is -0.120. The molecule has 1 rings (SSSR count). The van der Waals surface area contributed by atoms with Crippen LogP contribution in [0.2, 0.25) is 0 Å². The molecule has 5 heteroatoms. The van der Waals surface area contributed by atoms with Gasteiger partial charge in [-0.2, -0.15) is 0 Å². The third-order valence-corrected chi connectivity index (χ3v) is 3.73. The molecule has 24 heavy (non-hydrogen) atoms. The van der Waals surface area contributed by atoms with Crippen LogP contribution in [0.4, 0.5) is 4.79 Å². The van der Waals surface area contributed by atoms with Gasteiger partial charge in [0, 0.05) is 26.1 Å². The summed E-state index contributed by atoms with van der Waals surface area (Å²) in [6.45, 7) is 10.2. The third kappa shape index (κ3) is 7.99. The van der Waals surface area contributed by atoms with Crippen molar-refractivity contribution < 1.29 is 9.59 Å². The second-order valence-corrected chi connectivity index (χ2v) is 6.98. The molecule has 3 amide bonds. The van der Waals surface area contributed by atoms with Gasteiger partial charge < -0.3 is 16.0 Å². The molecule has 0 aromatic heterocycles. The highest BCUT2D eigenvalue weighted by Gasteiger charge is 2.12. The molecule has 0 spiro atoms. The maximum atomic E-state index is 11.7. The molecule has 5 nitrogen and oxygen atoms in total. The van der Waals surface area contributed by atoms with Crippen LogP contribution in [-0.4, -0.2) is 31.6 Å². The summed E-state index contributed by atoms with van der Waals surface area (Å²) in [7, 11) is 0. The summed E-state index contributed by atoms with van der Waals surface area (Å²) in [4.78, 5) is 23.1. The lowest BCUT2D eigenvalue weighted by Gasteiger charge is -2.19. The van der Waals surface area contributed by atoms with Crippen LogP contribution < -0.4 is 16.0 Å². The number of hydrogen-bond acceptors (Lipinski definition) is 2. The fraction of sp³-hybridized carbons (Fsp3) is 0.579. The highest BCUT2D eigenvalue weighted by Crippen LogP contribution is 2.22. The minimum atomic E-state index is -0.232. The van der Waals surface area contributed by atoms with Crippen molar-refractivity contribution in [1.82, 2.24) is 16.0 Å². The van der Waals surface area contributed by atoms with Gasteiger partial charge in [0.15, 0.2) is 0 Å². The van der Waals surface area contributed by atoms with E-state index in [1.54, 1.807) is 0 Å². The first-order valence-electron chi connectivity index (χ1n) is 8.70. The normalized spacial score (nSPS) is 11.0. The Morgan fingerprint density at radius 1 is 0.917 bits per heavy atom. The van der Waals surface area contributed by atoms with E-state index in [0.29, 0.717) is 26.1 Å². The van der Waals surface area contributed by atoms with E-state index in [9.17, 15) is 9.59 Å². The summed E-state index contributed by atoms with van der Waals surface area (Å²) >= 11 is 0. The molecule has 0 heterocycles.